The zero-order chi connectivity index (χ0) is 17.8. The van der Waals surface area contributed by atoms with E-state index < -0.39 is 0 Å². The number of nitrogens with zero attached hydrogens (tertiary/aromatic N) is 3. The number of methoxy groups -OCH3 is 1. The predicted molar refractivity (Wildman–Crippen MR) is 94.9 cm³/mol. The third kappa shape index (κ3) is 3.71. The molecule has 7 heteroatoms. The zero-order valence-electron chi connectivity index (χ0n) is 14.2. The van der Waals surface area contributed by atoms with Gasteiger partial charge in [0.25, 0.3) is 0 Å². The molecule has 0 unspecified atom stereocenters. The average Bonchev–Trinajstić information content (AvgIpc) is 2.97. The van der Waals surface area contributed by atoms with Crippen molar-refractivity contribution in [3.05, 3.63) is 48.2 Å². The SMILES string of the molecule is COc1ccc(N2CCN(CC(=O)Nc3ncccc3C)C2=O)cc1. The van der Waals surface area contributed by atoms with Gasteiger partial charge in [0.2, 0.25) is 5.91 Å². The lowest BCUT2D eigenvalue weighted by molar-refractivity contribution is -0.116. The van der Waals surface area contributed by atoms with Crippen molar-refractivity contribution in [3.8, 4) is 5.75 Å². The molecule has 1 aliphatic rings. The van der Waals surface area contributed by atoms with Crippen LogP contribution < -0.4 is 15.0 Å². The van der Waals surface area contributed by atoms with Crippen LogP contribution in [0, 0.1) is 6.92 Å². The second kappa shape index (κ2) is 7.21. The molecule has 7 nitrogen and oxygen atoms in total. The van der Waals surface area contributed by atoms with Crippen molar-refractivity contribution < 1.29 is 14.3 Å². The van der Waals surface area contributed by atoms with Gasteiger partial charge in [-0.15, -0.1) is 0 Å². The van der Waals surface area contributed by atoms with Crippen molar-refractivity contribution in [1.82, 2.24) is 9.88 Å². The molecule has 0 atom stereocenters. The van der Waals surface area contributed by atoms with Gasteiger partial charge in [-0.2, -0.15) is 0 Å². The average molecular weight is 340 g/mol. The van der Waals surface area contributed by atoms with Crippen LogP contribution in [0.5, 0.6) is 5.75 Å². The number of ether oxygens (including phenoxy) is 1. The van der Waals surface area contributed by atoms with Crippen molar-refractivity contribution in [3.63, 3.8) is 0 Å². The fourth-order valence-electron chi connectivity index (χ4n) is 2.69. The number of urea groups is 1. The van der Waals surface area contributed by atoms with Gasteiger partial charge in [-0.05, 0) is 42.8 Å². The van der Waals surface area contributed by atoms with E-state index in [1.54, 1.807) is 18.2 Å². The van der Waals surface area contributed by atoms with Crippen LogP contribution in [0.2, 0.25) is 0 Å². The molecule has 1 aromatic carbocycles. The first-order valence-electron chi connectivity index (χ1n) is 8.00. The second-order valence-corrected chi connectivity index (χ2v) is 5.77. The van der Waals surface area contributed by atoms with Crippen LogP contribution in [0.4, 0.5) is 16.3 Å². The Bertz CT molecular complexity index is 776. The quantitative estimate of drug-likeness (QED) is 0.906. The molecule has 0 radical (unpaired) electrons. The number of aryl methyl sites for hydroxylation is 1. The summed E-state index contributed by atoms with van der Waals surface area (Å²) in [4.78, 5) is 32.1. The molecule has 0 spiro atoms. The second-order valence-electron chi connectivity index (χ2n) is 5.77. The van der Waals surface area contributed by atoms with Crippen LogP contribution in [-0.2, 0) is 4.79 Å². The topological polar surface area (TPSA) is 74.8 Å². The zero-order valence-corrected chi connectivity index (χ0v) is 14.2. The molecule has 0 saturated carbocycles. The van der Waals surface area contributed by atoms with E-state index in [0.29, 0.717) is 18.9 Å². The molecule has 1 N–H and O–H groups in total. The maximum atomic E-state index is 12.5. The summed E-state index contributed by atoms with van der Waals surface area (Å²) in [5, 5.41) is 2.75. The molecule has 3 rings (SSSR count). The Balaban J connectivity index is 1.61. The Morgan fingerprint density at radius 2 is 2.00 bits per heavy atom. The summed E-state index contributed by atoms with van der Waals surface area (Å²) in [7, 11) is 1.60. The predicted octanol–water partition coefficient (Wildman–Crippen LogP) is 2.28. The van der Waals surface area contributed by atoms with Gasteiger partial charge in [0.15, 0.2) is 0 Å². The van der Waals surface area contributed by atoms with Crippen molar-refractivity contribution in [2.24, 2.45) is 0 Å². The number of anilines is 2. The highest BCUT2D eigenvalue weighted by molar-refractivity contribution is 5.99. The highest BCUT2D eigenvalue weighted by Gasteiger charge is 2.30. The van der Waals surface area contributed by atoms with E-state index in [9.17, 15) is 9.59 Å². The van der Waals surface area contributed by atoms with E-state index in [-0.39, 0.29) is 18.5 Å². The number of hydrogen-bond acceptors (Lipinski definition) is 4. The monoisotopic (exact) mass is 340 g/mol. The minimum atomic E-state index is -0.258. The molecule has 3 amide bonds. The molecule has 0 bridgehead atoms. The van der Waals surface area contributed by atoms with Crippen molar-refractivity contribution >= 4 is 23.4 Å². The molecule has 130 valence electrons. The maximum Gasteiger partial charge on any atom is 0.325 e. The van der Waals surface area contributed by atoms with Crippen LogP contribution in [0.25, 0.3) is 0 Å². The van der Waals surface area contributed by atoms with Crippen LogP contribution in [0.15, 0.2) is 42.6 Å². The lowest BCUT2D eigenvalue weighted by Gasteiger charge is -2.18. The van der Waals surface area contributed by atoms with E-state index in [1.165, 1.54) is 4.90 Å². The number of carbonyl (C=O) groups is 2. The Labute approximate surface area is 146 Å². The summed E-state index contributed by atoms with van der Waals surface area (Å²) < 4.78 is 5.13. The third-order valence-electron chi connectivity index (χ3n) is 4.08. The van der Waals surface area contributed by atoms with E-state index in [1.807, 2.05) is 43.3 Å². The van der Waals surface area contributed by atoms with Crippen molar-refractivity contribution in [2.45, 2.75) is 6.92 Å². The minimum Gasteiger partial charge on any atom is -0.497 e. The first kappa shape index (κ1) is 16.8. The van der Waals surface area contributed by atoms with Gasteiger partial charge in [0, 0.05) is 25.0 Å². The molecule has 1 aromatic heterocycles. The Morgan fingerprint density at radius 1 is 1.24 bits per heavy atom. The number of pyridine rings is 1. The standard InChI is InChI=1S/C18H20N4O3/c1-13-4-3-9-19-17(13)20-16(23)12-21-10-11-22(18(21)24)14-5-7-15(25-2)8-6-14/h3-9H,10-12H2,1-2H3,(H,19,20,23). The van der Waals surface area contributed by atoms with Crippen LogP contribution in [-0.4, -0.2) is 48.6 Å². The number of hydrogen-bond donors (Lipinski definition) is 1. The number of rotatable bonds is 5. The maximum absolute atomic E-state index is 12.5. The summed E-state index contributed by atoms with van der Waals surface area (Å²) >= 11 is 0. The van der Waals surface area contributed by atoms with Crippen LogP contribution in [0.1, 0.15) is 5.56 Å². The van der Waals surface area contributed by atoms with Gasteiger partial charge in [-0.25, -0.2) is 9.78 Å². The summed E-state index contributed by atoms with van der Waals surface area (Å²) in [5.74, 6) is 0.996. The summed E-state index contributed by atoms with van der Waals surface area (Å²) in [6.45, 7) is 2.91. The normalized spacial score (nSPS) is 13.9. The van der Waals surface area contributed by atoms with Crippen molar-refractivity contribution in [2.75, 3.05) is 37.0 Å². The number of benzene rings is 1. The largest absolute Gasteiger partial charge is 0.497 e. The number of carbonyl (C=O) groups excluding carboxylic acids is 2. The summed E-state index contributed by atoms with van der Waals surface area (Å²) in [6.07, 6.45) is 1.62. The van der Waals surface area contributed by atoms with E-state index in [0.717, 1.165) is 17.0 Å². The first-order valence-corrected chi connectivity index (χ1v) is 8.00. The molecule has 1 fully saturated rings. The molecule has 2 heterocycles. The Kier molecular flexibility index (Phi) is 4.83. The van der Waals surface area contributed by atoms with Gasteiger partial charge in [-0.1, -0.05) is 6.07 Å². The van der Waals surface area contributed by atoms with Crippen LogP contribution >= 0.6 is 0 Å². The minimum absolute atomic E-state index is 0.00149. The fourth-order valence-corrected chi connectivity index (χ4v) is 2.69. The Morgan fingerprint density at radius 3 is 2.68 bits per heavy atom. The van der Waals surface area contributed by atoms with E-state index in [2.05, 4.69) is 10.3 Å². The van der Waals surface area contributed by atoms with Gasteiger partial charge in [-0.3, -0.25) is 9.69 Å². The van der Waals surface area contributed by atoms with Crippen molar-refractivity contribution in [1.29, 1.82) is 0 Å². The molecule has 1 aliphatic heterocycles. The lowest BCUT2D eigenvalue weighted by Crippen LogP contribution is -2.37. The highest BCUT2D eigenvalue weighted by Crippen LogP contribution is 2.23. The smallest absolute Gasteiger partial charge is 0.325 e. The highest BCUT2D eigenvalue weighted by atomic mass is 16.5. The number of aromatic nitrogens is 1. The molecule has 0 aliphatic carbocycles. The number of amides is 3. The molecule has 2 aromatic rings. The van der Waals surface area contributed by atoms with E-state index in [4.69, 9.17) is 4.74 Å². The lowest BCUT2D eigenvalue weighted by atomic mass is 10.3. The van der Waals surface area contributed by atoms with Gasteiger partial charge in [0.1, 0.15) is 18.1 Å². The number of nitrogens with one attached hydrogen (secondary N) is 1. The van der Waals surface area contributed by atoms with Gasteiger partial charge >= 0.3 is 6.03 Å². The van der Waals surface area contributed by atoms with Gasteiger partial charge < -0.3 is 15.0 Å². The van der Waals surface area contributed by atoms with Crippen LogP contribution in [0.3, 0.4) is 0 Å². The molecular weight excluding hydrogens is 320 g/mol. The Hall–Kier alpha value is -3.09. The first-order chi connectivity index (χ1) is 12.1. The molecule has 1 saturated heterocycles. The van der Waals surface area contributed by atoms with Gasteiger partial charge in [0.05, 0.1) is 7.11 Å². The summed E-state index contributed by atoms with van der Waals surface area (Å²) in [5.41, 5.74) is 1.66. The molecule has 25 heavy (non-hydrogen) atoms. The summed E-state index contributed by atoms with van der Waals surface area (Å²) in [6, 6.07) is 10.8. The third-order valence-corrected chi connectivity index (χ3v) is 4.08. The van der Waals surface area contributed by atoms with E-state index >= 15 is 0 Å². The fraction of sp³-hybridized carbons (Fsp3) is 0.278. The molecular formula is C18H20N4O3.